The SMILES string of the molecule is COCCN(CC(=O)N1N=C(c2ccc(F)cc2)CC1c1ccc(OC)c(OC)c1)C(=O)c1ccccc1F. The number of benzene rings is 3. The van der Waals surface area contributed by atoms with Gasteiger partial charge in [-0.05, 0) is 47.5 Å². The molecule has 1 aliphatic rings. The first-order chi connectivity index (χ1) is 18.9. The molecule has 0 radical (unpaired) electrons. The molecule has 2 amide bonds. The van der Waals surface area contributed by atoms with Gasteiger partial charge in [0.25, 0.3) is 11.8 Å². The van der Waals surface area contributed by atoms with E-state index in [-0.39, 0.29) is 31.1 Å². The zero-order chi connectivity index (χ0) is 27.9. The van der Waals surface area contributed by atoms with Gasteiger partial charge in [-0.25, -0.2) is 13.8 Å². The molecule has 0 aromatic heterocycles. The normalized spacial score (nSPS) is 14.6. The molecule has 0 aliphatic carbocycles. The maximum Gasteiger partial charge on any atom is 0.262 e. The molecule has 0 spiro atoms. The van der Waals surface area contributed by atoms with Gasteiger partial charge in [0.2, 0.25) is 0 Å². The Morgan fingerprint density at radius 1 is 0.974 bits per heavy atom. The number of hydrazone groups is 1. The van der Waals surface area contributed by atoms with E-state index in [0.29, 0.717) is 29.2 Å². The van der Waals surface area contributed by atoms with Crippen molar-refractivity contribution in [1.82, 2.24) is 9.91 Å². The summed E-state index contributed by atoms with van der Waals surface area (Å²) in [7, 11) is 4.52. The number of methoxy groups -OCH3 is 3. The van der Waals surface area contributed by atoms with Crippen LogP contribution in [-0.4, -0.2) is 68.5 Å². The van der Waals surface area contributed by atoms with Crippen molar-refractivity contribution >= 4 is 17.5 Å². The van der Waals surface area contributed by atoms with E-state index in [4.69, 9.17) is 14.2 Å². The van der Waals surface area contributed by atoms with Crippen molar-refractivity contribution in [1.29, 1.82) is 0 Å². The molecule has 204 valence electrons. The van der Waals surface area contributed by atoms with Crippen molar-refractivity contribution in [3.63, 3.8) is 0 Å². The van der Waals surface area contributed by atoms with Crippen LogP contribution >= 0.6 is 0 Å². The van der Waals surface area contributed by atoms with Crippen LogP contribution in [0.15, 0.2) is 71.8 Å². The summed E-state index contributed by atoms with van der Waals surface area (Å²) in [6, 6.07) is 16.2. The number of nitrogens with zero attached hydrogens (tertiary/aromatic N) is 3. The number of rotatable bonds is 10. The first-order valence-corrected chi connectivity index (χ1v) is 12.3. The number of hydrogen-bond acceptors (Lipinski definition) is 6. The monoisotopic (exact) mass is 537 g/mol. The number of carbonyl (C=O) groups is 2. The van der Waals surface area contributed by atoms with Crippen molar-refractivity contribution in [2.45, 2.75) is 12.5 Å². The van der Waals surface area contributed by atoms with Crippen molar-refractivity contribution in [3.8, 4) is 11.5 Å². The lowest BCUT2D eigenvalue weighted by Crippen LogP contribution is -2.43. The van der Waals surface area contributed by atoms with Gasteiger partial charge in [0.1, 0.15) is 18.2 Å². The minimum absolute atomic E-state index is 0.0683. The van der Waals surface area contributed by atoms with Gasteiger partial charge in [-0.1, -0.05) is 30.3 Å². The number of carbonyl (C=O) groups excluding carboxylic acids is 2. The largest absolute Gasteiger partial charge is 0.493 e. The molecule has 1 heterocycles. The summed E-state index contributed by atoms with van der Waals surface area (Å²) in [4.78, 5) is 28.1. The molecule has 1 unspecified atom stereocenters. The van der Waals surface area contributed by atoms with Gasteiger partial charge < -0.3 is 19.1 Å². The molecule has 0 saturated heterocycles. The zero-order valence-corrected chi connectivity index (χ0v) is 21.9. The number of hydrogen-bond donors (Lipinski definition) is 0. The molecule has 10 heteroatoms. The molecule has 1 atom stereocenters. The smallest absolute Gasteiger partial charge is 0.262 e. The second-order valence-electron chi connectivity index (χ2n) is 8.83. The van der Waals surface area contributed by atoms with Gasteiger partial charge in [-0.3, -0.25) is 9.59 Å². The highest BCUT2D eigenvalue weighted by molar-refractivity contribution is 6.03. The Morgan fingerprint density at radius 2 is 1.69 bits per heavy atom. The average molecular weight is 538 g/mol. The van der Waals surface area contributed by atoms with Gasteiger partial charge >= 0.3 is 0 Å². The fraction of sp³-hybridized carbons (Fsp3) is 0.276. The molecule has 39 heavy (non-hydrogen) atoms. The number of ether oxygens (including phenoxy) is 3. The summed E-state index contributed by atoms with van der Waals surface area (Å²) in [5.41, 5.74) is 1.82. The van der Waals surface area contributed by atoms with Crippen LogP contribution in [0.1, 0.15) is 33.9 Å². The maximum absolute atomic E-state index is 14.4. The van der Waals surface area contributed by atoms with Gasteiger partial charge in [-0.2, -0.15) is 5.10 Å². The Labute approximate surface area is 225 Å². The van der Waals surface area contributed by atoms with Crippen molar-refractivity contribution in [2.24, 2.45) is 5.10 Å². The molecular weight excluding hydrogens is 508 g/mol. The first kappa shape index (κ1) is 27.7. The van der Waals surface area contributed by atoms with E-state index in [1.165, 1.54) is 61.6 Å². The minimum Gasteiger partial charge on any atom is -0.493 e. The summed E-state index contributed by atoms with van der Waals surface area (Å²) in [5.74, 6) is -1.18. The van der Waals surface area contributed by atoms with E-state index in [1.54, 1.807) is 30.3 Å². The molecule has 0 bridgehead atoms. The second-order valence-corrected chi connectivity index (χ2v) is 8.83. The summed E-state index contributed by atoms with van der Waals surface area (Å²) < 4.78 is 43.9. The Hall–Kier alpha value is -4.31. The molecule has 0 saturated carbocycles. The summed E-state index contributed by atoms with van der Waals surface area (Å²) in [5, 5.41) is 5.90. The van der Waals surface area contributed by atoms with E-state index in [9.17, 15) is 18.4 Å². The third-order valence-corrected chi connectivity index (χ3v) is 6.42. The van der Waals surface area contributed by atoms with Crippen molar-refractivity contribution in [2.75, 3.05) is 41.0 Å². The highest BCUT2D eigenvalue weighted by Gasteiger charge is 2.35. The van der Waals surface area contributed by atoms with E-state index >= 15 is 0 Å². The van der Waals surface area contributed by atoms with Crippen LogP contribution in [0.25, 0.3) is 0 Å². The van der Waals surface area contributed by atoms with E-state index in [0.717, 1.165) is 5.56 Å². The Balaban J connectivity index is 1.67. The van der Waals surface area contributed by atoms with Crippen LogP contribution in [0, 0.1) is 11.6 Å². The zero-order valence-electron chi connectivity index (χ0n) is 21.9. The van der Waals surface area contributed by atoms with Gasteiger partial charge in [0.05, 0.1) is 38.1 Å². The Kier molecular flexibility index (Phi) is 8.88. The van der Waals surface area contributed by atoms with E-state index < -0.39 is 23.7 Å². The minimum atomic E-state index is -0.682. The lowest BCUT2D eigenvalue weighted by Gasteiger charge is -2.27. The van der Waals surface area contributed by atoms with Crippen LogP contribution in [-0.2, 0) is 9.53 Å². The Morgan fingerprint density at radius 3 is 2.36 bits per heavy atom. The van der Waals surface area contributed by atoms with Gasteiger partial charge in [0, 0.05) is 20.1 Å². The molecule has 3 aromatic carbocycles. The summed E-state index contributed by atoms with van der Waals surface area (Å²) in [6.07, 6.45) is 0.339. The molecule has 1 aliphatic heterocycles. The lowest BCUT2D eigenvalue weighted by atomic mass is 9.98. The molecule has 3 aromatic rings. The van der Waals surface area contributed by atoms with E-state index in [1.807, 2.05) is 6.07 Å². The first-order valence-electron chi connectivity index (χ1n) is 12.3. The standard InChI is InChI=1S/C29H29F2N3O5/c1-37-15-14-33(29(36)22-6-4-5-7-23(22)31)18-28(35)34-25(20-10-13-26(38-2)27(16-20)39-3)17-24(32-34)19-8-11-21(30)12-9-19/h4-13,16,25H,14-15,17-18H2,1-3H3. The lowest BCUT2D eigenvalue weighted by molar-refractivity contribution is -0.133. The second kappa shape index (κ2) is 12.5. The van der Waals surface area contributed by atoms with Crippen LogP contribution in [0.2, 0.25) is 0 Å². The topological polar surface area (TPSA) is 80.7 Å². The van der Waals surface area contributed by atoms with Crippen LogP contribution in [0.3, 0.4) is 0 Å². The summed E-state index contributed by atoms with van der Waals surface area (Å²) >= 11 is 0. The van der Waals surface area contributed by atoms with Crippen LogP contribution in [0.4, 0.5) is 8.78 Å². The van der Waals surface area contributed by atoms with Crippen molar-refractivity contribution in [3.05, 3.63) is 95.1 Å². The maximum atomic E-state index is 14.4. The fourth-order valence-electron chi connectivity index (χ4n) is 4.37. The summed E-state index contributed by atoms with van der Waals surface area (Å²) in [6.45, 7) is -0.143. The molecule has 8 nitrogen and oxygen atoms in total. The highest BCUT2D eigenvalue weighted by Crippen LogP contribution is 2.37. The van der Waals surface area contributed by atoms with Crippen LogP contribution < -0.4 is 9.47 Å². The molecule has 4 rings (SSSR count). The third-order valence-electron chi connectivity index (χ3n) is 6.42. The van der Waals surface area contributed by atoms with E-state index in [2.05, 4.69) is 5.10 Å². The molecule has 0 N–H and O–H groups in total. The van der Waals surface area contributed by atoms with Crippen molar-refractivity contribution < 1.29 is 32.6 Å². The molecule has 0 fully saturated rings. The Bertz CT molecular complexity index is 1360. The quantitative estimate of drug-likeness (QED) is 0.382. The average Bonchev–Trinajstić information content (AvgIpc) is 3.41. The third kappa shape index (κ3) is 6.23. The predicted molar refractivity (Wildman–Crippen MR) is 141 cm³/mol. The van der Waals surface area contributed by atoms with Crippen LogP contribution in [0.5, 0.6) is 11.5 Å². The number of amides is 2. The van der Waals surface area contributed by atoms with Gasteiger partial charge in [0.15, 0.2) is 11.5 Å². The number of halogens is 2. The fourth-order valence-corrected chi connectivity index (χ4v) is 4.37. The highest BCUT2D eigenvalue weighted by atomic mass is 19.1. The van der Waals surface area contributed by atoms with Gasteiger partial charge in [-0.15, -0.1) is 0 Å². The predicted octanol–water partition coefficient (Wildman–Crippen LogP) is 4.45. The molecular formula is C29H29F2N3O5.